The minimum absolute atomic E-state index is 0.154. The molecule has 1 saturated heterocycles. The van der Waals surface area contributed by atoms with Crippen LogP contribution in [0.2, 0.25) is 0 Å². The predicted octanol–water partition coefficient (Wildman–Crippen LogP) is 2.79. The number of nitrogens with zero attached hydrogens (tertiary/aromatic N) is 3. The Morgan fingerprint density at radius 1 is 1.30 bits per heavy atom. The lowest BCUT2D eigenvalue weighted by Crippen LogP contribution is -2.33. The van der Waals surface area contributed by atoms with Crippen molar-refractivity contribution in [2.75, 3.05) is 37.1 Å². The number of hydrogen-bond donors (Lipinski definition) is 2. The van der Waals surface area contributed by atoms with Crippen molar-refractivity contribution < 1.29 is 27.8 Å². The highest BCUT2D eigenvalue weighted by Crippen LogP contribution is 2.31. The van der Waals surface area contributed by atoms with Gasteiger partial charge in [-0.2, -0.15) is 8.78 Å². The van der Waals surface area contributed by atoms with Gasteiger partial charge in [0.25, 0.3) is 0 Å². The molecule has 2 aromatic heterocycles. The minimum atomic E-state index is -3.19. The lowest BCUT2D eigenvalue weighted by Gasteiger charge is -2.23. The van der Waals surface area contributed by atoms with Gasteiger partial charge in [0.15, 0.2) is 5.75 Å². The molecule has 0 aromatic carbocycles. The molecule has 0 radical (unpaired) electrons. The average Bonchev–Trinajstić information content (AvgIpc) is 2.66. The third kappa shape index (κ3) is 6.04. The number of carbonyl (C=O) groups excluding carboxylic acids is 1. The highest BCUT2D eigenvalue weighted by Gasteiger charge is 2.29. The first-order chi connectivity index (χ1) is 14.2. The zero-order chi connectivity index (χ0) is 21.7. The smallest absolute Gasteiger partial charge is 0.303 e. The molecule has 1 aliphatic heterocycles. The van der Waals surface area contributed by atoms with Crippen molar-refractivity contribution in [3.05, 3.63) is 29.8 Å². The number of carbonyl (C=O) groups is 1. The Hall–Kier alpha value is -2.92. The van der Waals surface area contributed by atoms with Gasteiger partial charge in [0.05, 0.1) is 31.7 Å². The summed E-state index contributed by atoms with van der Waals surface area (Å²) >= 11 is 0. The van der Waals surface area contributed by atoms with Gasteiger partial charge in [-0.3, -0.25) is 4.79 Å². The number of nitrogens with one attached hydrogen (secondary N) is 2. The van der Waals surface area contributed by atoms with Crippen LogP contribution in [0, 0.1) is 6.92 Å². The van der Waals surface area contributed by atoms with E-state index in [2.05, 4.69) is 25.6 Å². The van der Waals surface area contributed by atoms with Crippen LogP contribution in [-0.4, -0.2) is 53.4 Å². The molecule has 0 aliphatic carbocycles. The van der Waals surface area contributed by atoms with E-state index in [-0.39, 0.29) is 30.3 Å². The fraction of sp³-hybridized carbons (Fsp3) is 0.474. The highest BCUT2D eigenvalue weighted by molar-refractivity contribution is 5.88. The van der Waals surface area contributed by atoms with Gasteiger partial charge in [-0.05, 0) is 6.92 Å². The quantitative estimate of drug-likeness (QED) is 0.700. The van der Waals surface area contributed by atoms with Crippen molar-refractivity contribution >= 4 is 23.2 Å². The first-order valence-electron chi connectivity index (χ1n) is 9.31. The Morgan fingerprint density at radius 3 is 2.77 bits per heavy atom. The number of rotatable bonds is 7. The lowest BCUT2D eigenvalue weighted by molar-refractivity contribution is -0.114. The van der Waals surface area contributed by atoms with Crippen molar-refractivity contribution in [2.24, 2.45) is 0 Å². The number of pyridine rings is 1. The van der Waals surface area contributed by atoms with E-state index in [1.54, 1.807) is 6.92 Å². The molecule has 1 fully saturated rings. The number of halogens is 2. The number of aromatic nitrogens is 3. The molecule has 0 bridgehead atoms. The molecule has 0 unspecified atom stereocenters. The molecule has 3 rings (SSSR count). The summed E-state index contributed by atoms with van der Waals surface area (Å²) < 4.78 is 44.1. The van der Waals surface area contributed by atoms with Crippen molar-refractivity contribution in [3.8, 4) is 5.75 Å². The van der Waals surface area contributed by atoms with E-state index < -0.39 is 11.7 Å². The lowest BCUT2D eigenvalue weighted by atomic mass is 10.3. The second-order valence-electron chi connectivity index (χ2n) is 6.86. The molecule has 3 heterocycles. The molecular weight excluding hydrogens is 400 g/mol. The van der Waals surface area contributed by atoms with Crippen LogP contribution in [0.3, 0.4) is 0 Å². The van der Waals surface area contributed by atoms with Crippen LogP contribution < -0.4 is 15.4 Å². The molecule has 9 nitrogen and oxygen atoms in total. The van der Waals surface area contributed by atoms with Crippen molar-refractivity contribution in [3.63, 3.8) is 0 Å². The topological polar surface area (TPSA) is 107 Å². The Morgan fingerprint density at radius 2 is 2.10 bits per heavy atom. The molecule has 0 spiro atoms. The predicted molar refractivity (Wildman–Crippen MR) is 104 cm³/mol. The van der Waals surface area contributed by atoms with Gasteiger partial charge in [0.1, 0.15) is 24.3 Å². The molecule has 1 aliphatic rings. The van der Waals surface area contributed by atoms with Crippen molar-refractivity contribution in [1.29, 1.82) is 0 Å². The van der Waals surface area contributed by atoms with Crippen LogP contribution in [0.15, 0.2) is 18.3 Å². The number of amides is 1. The Labute approximate surface area is 172 Å². The minimum Gasteiger partial charge on any atom is -0.487 e. The summed E-state index contributed by atoms with van der Waals surface area (Å²) in [4.78, 5) is 23.2. The zero-order valence-corrected chi connectivity index (χ0v) is 16.9. The summed E-state index contributed by atoms with van der Waals surface area (Å²) in [6, 6.07) is 3.05. The molecule has 0 saturated carbocycles. The fourth-order valence-electron chi connectivity index (χ4n) is 2.69. The van der Waals surface area contributed by atoms with E-state index >= 15 is 0 Å². The van der Waals surface area contributed by atoms with E-state index in [0.717, 1.165) is 6.92 Å². The Kier molecular flexibility index (Phi) is 6.73. The van der Waals surface area contributed by atoms with Crippen LogP contribution in [-0.2, 0) is 20.2 Å². The molecule has 2 aromatic rings. The maximum atomic E-state index is 13.7. The van der Waals surface area contributed by atoms with Crippen LogP contribution in [0.1, 0.15) is 25.4 Å². The van der Waals surface area contributed by atoms with Crippen molar-refractivity contribution in [2.45, 2.75) is 32.8 Å². The molecule has 162 valence electrons. The average molecular weight is 423 g/mol. The van der Waals surface area contributed by atoms with Gasteiger partial charge in [-0.1, -0.05) is 0 Å². The van der Waals surface area contributed by atoms with E-state index in [0.29, 0.717) is 37.0 Å². The second kappa shape index (κ2) is 9.26. The third-order valence-corrected chi connectivity index (χ3v) is 3.99. The van der Waals surface area contributed by atoms with Crippen LogP contribution in [0.4, 0.5) is 26.1 Å². The number of aryl methyl sites for hydroxylation is 1. The van der Waals surface area contributed by atoms with Gasteiger partial charge in [-0.15, -0.1) is 0 Å². The molecule has 11 heteroatoms. The summed E-state index contributed by atoms with van der Waals surface area (Å²) in [5.41, 5.74) is 0.754. The first-order valence-corrected chi connectivity index (χ1v) is 9.31. The highest BCUT2D eigenvalue weighted by atomic mass is 19.3. The molecule has 30 heavy (non-hydrogen) atoms. The van der Waals surface area contributed by atoms with Crippen LogP contribution in [0.5, 0.6) is 5.75 Å². The third-order valence-electron chi connectivity index (χ3n) is 3.99. The van der Waals surface area contributed by atoms with Gasteiger partial charge >= 0.3 is 5.92 Å². The van der Waals surface area contributed by atoms with E-state index in [1.165, 1.54) is 25.3 Å². The normalized spacial score (nSPS) is 16.8. The summed E-state index contributed by atoms with van der Waals surface area (Å²) in [5.74, 6) is -3.35. The summed E-state index contributed by atoms with van der Waals surface area (Å²) in [6.07, 6.45) is 1.18. The number of alkyl halides is 2. The molecule has 1 atom stereocenters. The molecular formula is C19H23F2N5O4. The van der Waals surface area contributed by atoms with E-state index in [4.69, 9.17) is 14.2 Å². The second-order valence-corrected chi connectivity index (χ2v) is 6.86. The zero-order valence-electron chi connectivity index (χ0n) is 16.9. The SMILES string of the molecule is CC(=O)Nc1cc(Nc2cc(C)nc(C(C)(F)F)n2)c(OC[C@H]2COCCO2)cn1. The van der Waals surface area contributed by atoms with E-state index in [9.17, 15) is 13.6 Å². The monoisotopic (exact) mass is 423 g/mol. The van der Waals surface area contributed by atoms with Crippen LogP contribution in [0.25, 0.3) is 0 Å². The number of anilines is 3. The standard InChI is InChI=1S/C19H23F2N5O4/c1-11-6-17(26-18(23-11)19(3,20)21)25-14-7-16(24-12(2)27)22-8-15(14)30-10-13-9-28-4-5-29-13/h6-8,13H,4-5,9-10H2,1-3H3,(H2,22,23,24,25,26,27)/t13-/m1/s1. The van der Waals surface area contributed by atoms with Gasteiger partial charge < -0.3 is 24.8 Å². The maximum Gasteiger partial charge on any atom is 0.303 e. The maximum absolute atomic E-state index is 13.7. The summed E-state index contributed by atoms with van der Waals surface area (Å²) in [6.45, 7) is 5.30. The summed E-state index contributed by atoms with van der Waals surface area (Å²) in [7, 11) is 0. The van der Waals surface area contributed by atoms with Crippen LogP contribution >= 0.6 is 0 Å². The van der Waals surface area contributed by atoms with Crippen molar-refractivity contribution in [1.82, 2.24) is 15.0 Å². The fourth-order valence-corrected chi connectivity index (χ4v) is 2.69. The largest absolute Gasteiger partial charge is 0.487 e. The summed E-state index contributed by atoms with van der Waals surface area (Å²) in [5, 5.41) is 5.52. The Bertz CT molecular complexity index is 901. The van der Waals surface area contributed by atoms with Gasteiger partial charge in [0.2, 0.25) is 11.7 Å². The van der Waals surface area contributed by atoms with Gasteiger partial charge in [0, 0.05) is 31.7 Å². The Balaban J connectivity index is 1.86. The van der Waals surface area contributed by atoms with Gasteiger partial charge in [-0.25, -0.2) is 15.0 Å². The first kappa shape index (κ1) is 21.8. The van der Waals surface area contributed by atoms with E-state index in [1.807, 2.05) is 0 Å². The number of ether oxygens (including phenoxy) is 3. The molecule has 1 amide bonds. The molecule has 2 N–H and O–H groups in total. The number of hydrogen-bond acceptors (Lipinski definition) is 8.